The number of hydrogen-bond acceptors (Lipinski definition) is 2. The van der Waals surface area contributed by atoms with E-state index in [0.29, 0.717) is 0 Å². The van der Waals surface area contributed by atoms with Crippen molar-refractivity contribution in [3.63, 3.8) is 0 Å². The van der Waals surface area contributed by atoms with Crippen molar-refractivity contribution < 1.29 is 22.2 Å². The molecule has 0 aromatic carbocycles. The minimum absolute atomic E-state index is 0.0313. The number of halogens is 7. The molecule has 0 fully saturated rings. The van der Waals surface area contributed by atoms with Crippen molar-refractivity contribution in [3.05, 3.63) is 15.9 Å². The maximum atomic E-state index is 9.75. The van der Waals surface area contributed by atoms with Crippen molar-refractivity contribution >= 4 is 42.1 Å². The second-order valence-electron chi connectivity index (χ2n) is 1.69. The molecule has 1 heterocycles. The molecule has 80 valence electrons. The van der Waals surface area contributed by atoms with Crippen LogP contribution in [0.5, 0.6) is 0 Å². The van der Waals surface area contributed by atoms with Crippen LogP contribution in [-0.4, -0.2) is 17.2 Å². The number of rotatable bonds is 0. The van der Waals surface area contributed by atoms with Crippen LogP contribution >= 0.6 is 34.8 Å². The van der Waals surface area contributed by atoms with Gasteiger partial charge in [0, 0.05) is 0 Å². The van der Waals surface area contributed by atoms with Crippen LogP contribution in [-0.2, 0) is 0 Å². The van der Waals surface area contributed by atoms with Gasteiger partial charge < -0.3 is 17.3 Å². The molecule has 1 aromatic heterocycles. The first-order valence-electron chi connectivity index (χ1n) is 2.83. The zero-order valence-electron chi connectivity index (χ0n) is 6.12. The summed E-state index contributed by atoms with van der Waals surface area (Å²) in [6.45, 7) is 0. The molecule has 0 aliphatic rings. The molecule has 11 heteroatoms. The Labute approximate surface area is 90.5 Å². The van der Waals surface area contributed by atoms with Gasteiger partial charge in [0.15, 0.2) is 0 Å². The van der Waals surface area contributed by atoms with Gasteiger partial charge in [0.1, 0.15) is 0 Å². The lowest BCUT2D eigenvalue weighted by Gasteiger charge is -1.94. The molecule has 0 atom stereocenters. The van der Waals surface area contributed by atoms with Crippen molar-refractivity contribution in [1.82, 2.24) is 9.97 Å². The van der Waals surface area contributed by atoms with Crippen LogP contribution in [0, 0.1) is 0 Å². The Kier molecular flexibility index (Phi) is 5.39. The predicted octanol–water partition coefficient (Wildman–Crippen LogP) is 2.55. The number of hydrogen-bond donors (Lipinski definition) is 0. The number of aromatic amines is 1. The molecular weight excluding hydrogens is 271 g/mol. The van der Waals surface area contributed by atoms with Gasteiger partial charge in [-0.3, -0.25) is 0 Å². The fraction of sp³-hybridized carbons (Fsp3) is 0. The Balaban J connectivity index is 0.000000292. The molecule has 1 aromatic rings. The van der Waals surface area contributed by atoms with Gasteiger partial charge in [-0.2, -0.15) is 0 Å². The Morgan fingerprint density at radius 3 is 1.43 bits per heavy atom. The average molecular weight is 272 g/mol. The third-order valence-electron chi connectivity index (χ3n) is 0.587. The Morgan fingerprint density at radius 2 is 1.21 bits per heavy atom. The van der Waals surface area contributed by atoms with Gasteiger partial charge in [-0.25, -0.2) is 4.98 Å². The van der Waals surface area contributed by atoms with E-state index in [-0.39, 0.29) is 15.9 Å². The lowest BCUT2D eigenvalue weighted by molar-refractivity contribution is -0.382. The highest BCUT2D eigenvalue weighted by atomic mass is 35.5. The molecule has 0 aliphatic heterocycles. The highest BCUT2D eigenvalue weighted by Gasteiger charge is 2.20. The van der Waals surface area contributed by atoms with E-state index in [1.165, 1.54) is 0 Å². The van der Waals surface area contributed by atoms with Crippen LogP contribution in [0.1, 0.15) is 0 Å². The van der Waals surface area contributed by atoms with Crippen LogP contribution in [0.3, 0.4) is 0 Å². The summed E-state index contributed by atoms with van der Waals surface area (Å²) in [5.41, 5.74) is 0. The molecule has 0 aliphatic carbocycles. The lowest BCUT2D eigenvalue weighted by Crippen LogP contribution is -2.09. The molecule has 0 radical (unpaired) electrons. The molecule has 0 spiro atoms. The van der Waals surface area contributed by atoms with Crippen molar-refractivity contribution in [1.29, 1.82) is 0 Å². The highest BCUT2D eigenvalue weighted by molar-refractivity contribution is 6.50. The van der Waals surface area contributed by atoms with Gasteiger partial charge in [0.2, 0.25) is 0 Å². The van der Waals surface area contributed by atoms with E-state index in [1.54, 1.807) is 0 Å². The van der Waals surface area contributed by atoms with Crippen molar-refractivity contribution in [2.24, 2.45) is 0 Å². The van der Waals surface area contributed by atoms with Gasteiger partial charge in [-0.05, 0) is 44.8 Å². The number of H-pyrrole nitrogens is 1. The van der Waals surface area contributed by atoms with E-state index in [1.807, 2.05) is 0 Å². The molecule has 1 N–H and O–H groups in total. The third kappa shape index (κ3) is 9.75. The molecule has 0 amide bonds. The van der Waals surface area contributed by atoms with Crippen LogP contribution in [0.15, 0.2) is 0 Å². The van der Waals surface area contributed by atoms with E-state index in [9.17, 15) is 17.3 Å². The molecule has 3 nitrogen and oxygen atoms in total. The zero-order chi connectivity index (χ0) is 11.4. The second kappa shape index (κ2) is 5.52. The first-order valence-corrected chi connectivity index (χ1v) is 3.97. The van der Waals surface area contributed by atoms with E-state index in [2.05, 4.69) is 15.0 Å². The second-order valence-corrected chi connectivity index (χ2v) is 2.75. The number of nitrogens with one attached hydrogen (secondary N) is 1. The fourth-order valence-electron chi connectivity index (χ4n) is 0.328. The Morgan fingerprint density at radius 1 is 0.929 bits per heavy atom. The summed E-state index contributed by atoms with van der Waals surface area (Å²) in [5, 5.41) is 0.281. The molecule has 14 heavy (non-hydrogen) atoms. The minimum atomic E-state index is -6.00. The first kappa shape index (κ1) is 13.7. The summed E-state index contributed by atoms with van der Waals surface area (Å²) in [5.74, 6) is 0. The SMILES string of the molecule is Clc1nc(Cl)[nH+]c(Cl)n1.F[B-](F)(F)F. The number of aromatic nitrogens is 3. The highest BCUT2D eigenvalue weighted by Crippen LogP contribution is 2.06. The topological polar surface area (TPSA) is 39.9 Å². The van der Waals surface area contributed by atoms with E-state index in [4.69, 9.17) is 34.8 Å². The lowest BCUT2D eigenvalue weighted by atomic mass is 10.3. The normalized spacial score (nSPS) is 10.5. The predicted molar refractivity (Wildman–Crippen MR) is 43.8 cm³/mol. The summed E-state index contributed by atoms with van der Waals surface area (Å²) in [6, 6.07) is 0. The summed E-state index contributed by atoms with van der Waals surface area (Å²) in [6.07, 6.45) is 0. The summed E-state index contributed by atoms with van der Waals surface area (Å²) in [7, 11) is -6.00. The molecule has 1 rings (SSSR count). The summed E-state index contributed by atoms with van der Waals surface area (Å²) >= 11 is 16.1. The molecular formula is C3HBCl3F4N3. The van der Waals surface area contributed by atoms with E-state index in [0.717, 1.165) is 0 Å². The van der Waals surface area contributed by atoms with Crippen LogP contribution in [0.2, 0.25) is 15.9 Å². The van der Waals surface area contributed by atoms with E-state index < -0.39 is 7.25 Å². The summed E-state index contributed by atoms with van der Waals surface area (Å²) < 4.78 is 39.0. The van der Waals surface area contributed by atoms with Gasteiger partial charge in [0.25, 0.3) is 0 Å². The van der Waals surface area contributed by atoms with Crippen LogP contribution in [0.4, 0.5) is 17.3 Å². The third-order valence-corrected chi connectivity index (χ3v) is 1.11. The Hall–Kier alpha value is -0.335. The Bertz CT molecular complexity index is 251. The first-order chi connectivity index (χ1) is 6.18. The van der Waals surface area contributed by atoms with Crippen molar-refractivity contribution in [3.8, 4) is 0 Å². The number of nitrogens with zero attached hydrogens (tertiary/aromatic N) is 2. The molecule has 0 unspecified atom stereocenters. The average Bonchev–Trinajstić information content (AvgIpc) is 1.77. The smallest absolute Gasteiger partial charge is 0.418 e. The van der Waals surface area contributed by atoms with Gasteiger partial charge in [0.05, 0.1) is 0 Å². The maximum Gasteiger partial charge on any atom is 0.673 e. The van der Waals surface area contributed by atoms with Gasteiger partial charge in [-0.1, -0.05) is 0 Å². The monoisotopic (exact) mass is 271 g/mol. The maximum absolute atomic E-state index is 9.75. The zero-order valence-corrected chi connectivity index (χ0v) is 8.39. The fourth-order valence-corrected chi connectivity index (χ4v) is 0.971. The van der Waals surface area contributed by atoms with Crippen molar-refractivity contribution in [2.75, 3.05) is 0 Å². The largest absolute Gasteiger partial charge is 0.673 e. The van der Waals surface area contributed by atoms with Crippen molar-refractivity contribution in [2.45, 2.75) is 0 Å². The standard InChI is InChI=1S/C3Cl3N3.BF4/c4-1-7-2(5)9-3(6)8-1;2-1(3,4)5/q;-1/p+1. The minimum Gasteiger partial charge on any atom is -0.418 e. The van der Waals surface area contributed by atoms with Crippen LogP contribution < -0.4 is 4.98 Å². The molecule has 0 bridgehead atoms. The quantitative estimate of drug-likeness (QED) is 0.538. The van der Waals surface area contributed by atoms with Crippen LogP contribution in [0.25, 0.3) is 0 Å². The molecule has 0 saturated carbocycles. The van der Waals surface area contributed by atoms with E-state index >= 15 is 0 Å². The van der Waals surface area contributed by atoms with Gasteiger partial charge in [-0.15, -0.1) is 0 Å². The van der Waals surface area contributed by atoms with Gasteiger partial charge >= 0.3 is 23.1 Å². The summed E-state index contributed by atoms with van der Waals surface area (Å²) in [4.78, 5) is 9.46. The molecule has 0 saturated heterocycles.